The van der Waals surface area contributed by atoms with Gasteiger partial charge in [0, 0.05) is 31.5 Å². The van der Waals surface area contributed by atoms with Crippen LogP contribution in [-0.2, 0) is 21.4 Å². The third-order valence-electron chi connectivity index (χ3n) is 6.39. The van der Waals surface area contributed by atoms with Crippen LogP contribution >= 0.6 is 0 Å². The number of amides is 3. The van der Waals surface area contributed by atoms with Crippen molar-refractivity contribution in [3.8, 4) is 0 Å². The molecular weight excluding hydrogens is 354 g/mol. The lowest BCUT2D eigenvalue weighted by atomic mass is 9.82. The van der Waals surface area contributed by atoms with E-state index in [4.69, 9.17) is 4.74 Å². The highest BCUT2D eigenvalue weighted by molar-refractivity contribution is 5.79. The molecule has 0 bridgehead atoms. The minimum atomic E-state index is -0.134. The molecule has 2 saturated heterocycles. The summed E-state index contributed by atoms with van der Waals surface area (Å²) in [6.45, 7) is 6.52. The van der Waals surface area contributed by atoms with Crippen molar-refractivity contribution < 1.29 is 14.3 Å². The van der Waals surface area contributed by atoms with E-state index in [1.165, 1.54) is 11.1 Å². The van der Waals surface area contributed by atoms with Gasteiger partial charge >= 0.3 is 6.03 Å². The zero-order chi connectivity index (χ0) is 19.7. The molecule has 3 heterocycles. The monoisotopic (exact) mass is 385 g/mol. The molecular formula is C22H31N3O3. The number of urea groups is 1. The molecule has 0 radical (unpaired) electrons. The van der Waals surface area contributed by atoms with Crippen molar-refractivity contribution in [2.24, 2.45) is 0 Å². The highest BCUT2D eigenvalue weighted by Gasteiger charge is 2.39. The van der Waals surface area contributed by atoms with Crippen molar-refractivity contribution in [2.75, 3.05) is 19.7 Å². The van der Waals surface area contributed by atoms with Gasteiger partial charge < -0.3 is 20.3 Å². The molecule has 1 aromatic carbocycles. The Balaban J connectivity index is 1.46. The first-order chi connectivity index (χ1) is 13.4. The molecule has 152 valence electrons. The van der Waals surface area contributed by atoms with E-state index in [9.17, 15) is 9.59 Å². The Morgan fingerprint density at radius 3 is 2.86 bits per heavy atom. The van der Waals surface area contributed by atoms with Gasteiger partial charge in [-0.1, -0.05) is 38.1 Å². The number of rotatable bonds is 2. The molecule has 3 aliphatic heterocycles. The Kier molecular flexibility index (Phi) is 5.32. The number of hydrogen-bond donors (Lipinski definition) is 2. The molecule has 3 amide bonds. The lowest BCUT2D eigenvalue weighted by molar-refractivity contribution is -0.125. The molecule has 1 aromatic rings. The number of carbonyl (C=O) groups excluding carboxylic acids is 2. The predicted molar refractivity (Wildman–Crippen MR) is 107 cm³/mol. The lowest BCUT2D eigenvalue weighted by Crippen LogP contribution is -2.61. The molecule has 3 unspecified atom stereocenters. The van der Waals surface area contributed by atoms with Gasteiger partial charge in [0.2, 0.25) is 5.91 Å². The van der Waals surface area contributed by atoms with Gasteiger partial charge in [-0.05, 0) is 36.8 Å². The largest absolute Gasteiger partial charge is 0.376 e. The molecule has 2 fully saturated rings. The Hall–Kier alpha value is -2.08. The molecule has 3 atom stereocenters. The fourth-order valence-electron chi connectivity index (χ4n) is 4.94. The molecule has 4 rings (SSSR count). The number of piperidine rings is 1. The highest BCUT2D eigenvalue weighted by Crippen LogP contribution is 2.31. The van der Waals surface area contributed by atoms with E-state index in [-0.39, 0.29) is 35.5 Å². The number of hydrogen-bond acceptors (Lipinski definition) is 3. The van der Waals surface area contributed by atoms with Crippen LogP contribution in [0.3, 0.4) is 0 Å². The maximum Gasteiger partial charge on any atom is 0.317 e. The van der Waals surface area contributed by atoms with Crippen LogP contribution < -0.4 is 10.6 Å². The van der Waals surface area contributed by atoms with E-state index in [0.29, 0.717) is 25.9 Å². The average molecular weight is 386 g/mol. The summed E-state index contributed by atoms with van der Waals surface area (Å²) < 4.78 is 5.81. The first kappa shape index (κ1) is 19.2. The zero-order valence-electron chi connectivity index (χ0n) is 16.9. The Bertz CT molecular complexity index is 742. The molecule has 0 saturated carbocycles. The average Bonchev–Trinajstić information content (AvgIpc) is 3.16. The van der Waals surface area contributed by atoms with Gasteiger partial charge in [-0.15, -0.1) is 0 Å². The van der Waals surface area contributed by atoms with E-state index < -0.39 is 0 Å². The number of nitrogens with zero attached hydrogens (tertiary/aromatic N) is 1. The third kappa shape index (κ3) is 3.88. The Morgan fingerprint density at radius 1 is 1.25 bits per heavy atom. The number of carbonyl (C=O) groups is 2. The van der Waals surface area contributed by atoms with Crippen LogP contribution in [0.4, 0.5) is 4.79 Å². The zero-order valence-corrected chi connectivity index (χ0v) is 16.9. The SMILES string of the molecule is CC1(C)CN(C(=O)NC2CCC(=O)NC2C2CCCO2)CCc2ccccc21. The van der Waals surface area contributed by atoms with Crippen molar-refractivity contribution in [3.63, 3.8) is 0 Å². The van der Waals surface area contributed by atoms with E-state index in [2.05, 4.69) is 48.7 Å². The predicted octanol–water partition coefficient (Wildman–Crippen LogP) is 2.36. The number of benzene rings is 1. The molecule has 3 aliphatic rings. The molecule has 0 aliphatic carbocycles. The fraction of sp³-hybridized carbons (Fsp3) is 0.636. The van der Waals surface area contributed by atoms with Crippen molar-refractivity contribution in [2.45, 2.75) is 69.6 Å². The van der Waals surface area contributed by atoms with Crippen molar-refractivity contribution in [1.29, 1.82) is 0 Å². The summed E-state index contributed by atoms with van der Waals surface area (Å²) in [6, 6.07) is 8.25. The van der Waals surface area contributed by atoms with Crippen LogP contribution in [0.25, 0.3) is 0 Å². The summed E-state index contributed by atoms with van der Waals surface area (Å²) in [5.74, 6) is 0.0531. The summed E-state index contributed by atoms with van der Waals surface area (Å²) in [5.41, 5.74) is 2.55. The van der Waals surface area contributed by atoms with Gasteiger partial charge in [0.15, 0.2) is 0 Å². The van der Waals surface area contributed by atoms with Crippen LogP contribution in [0.2, 0.25) is 0 Å². The van der Waals surface area contributed by atoms with Gasteiger partial charge in [-0.25, -0.2) is 4.79 Å². The normalized spacial score (nSPS) is 29.6. The van der Waals surface area contributed by atoms with Crippen molar-refractivity contribution in [1.82, 2.24) is 15.5 Å². The second-order valence-corrected chi connectivity index (χ2v) is 8.95. The molecule has 6 nitrogen and oxygen atoms in total. The highest BCUT2D eigenvalue weighted by atomic mass is 16.5. The standard InChI is InChI=1S/C22H31N3O3/c1-22(2)14-25(12-11-15-6-3-4-7-16(15)22)21(27)23-17-9-10-19(26)24-20(17)18-8-5-13-28-18/h3-4,6-7,17-18,20H,5,8-14H2,1-2H3,(H,23,27)(H,24,26). The maximum atomic E-state index is 13.2. The minimum Gasteiger partial charge on any atom is -0.376 e. The maximum absolute atomic E-state index is 13.2. The summed E-state index contributed by atoms with van der Waals surface area (Å²) >= 11 is 0. The second-order valence-electron chi connectivity index (χ2n) is 8.95. The molecule has 0 spiro atoms. The smallest absolute Gasteiger partial charge is 0.317 e. The van der Waals surface area contributed by atoms with E-state index in [0.717, 1.165) is 25.9 Å². The number of nitrogens with one attached hydrogen (secondary N) is 2. The van der Waals surface area contributed by atoms with Crippen molar-refractivity contribution >= 4 is 11.9 Å². The molecule has 6 heteroatoms. The van der Waals surface area contributed by atoms with Crippen LogP contribution in [0.15, 0.2) is 24.3 Å². The second kappa shape index (κ2) is 7.74. The quantitative estimate of drug-likeness (QED) is 0.821. The Labute approximate surface area is 167 Å². The molecule has 2 N–H and O–H groups in total. The van der Waals surface area contributed by atoms with Gasteiger partial charge in [-0.3, -0.25) is 4.79 Å². The third-order valence-corrected chi connectivity index (χ3v) is 6.39. The molecule has 0 aromatic heterocycles. The van der Waals surface area contributed by atoms with E-state index in [1.807, 2.05) is 4.90 Å². The summed E-state index contributed by atoms with van der Waals surface area (Å²) in [5, 5.41) is 6.28. The van der Waals surface area contributed by atoms with Crippen LogP contribution in [0.1, 0.15) is 50.7 Å². The Morgan fingerprint density at radius 2 is 2.07 bits per heavy atom. The van der Waals surface area contributed by atoms with Gasteiger partial charge in [0.25, 0.3) is 0 Å². The van der Waals surface area contributed by atoms with Gasteiger partial charge in [0.1, 0.15) is 0 Å². The van der Waals surface area contributed by atoms with Crippen molar-refractivity contribution in [3.05, 3.63) is 35.4 Å². The number of ether oxygens (including phenoxy) is 1. The van der Waals surface area contributed by atoms with E-state index in [1.54, 1.807) is 0 Å². The minimum absolute atomic E-state index is 0.000575. The fourth-order valence-corrected chi connectivity index (χ4v) is 4.94. The van der Waals surface area contributed by atoms with Crippen LogP contribution in [0, 0.1) is 0 Å². The van der Waals surface area contributed by atoms with Gasteiger partial charge in [-0.2, -0.15) is 0 Å². The molecule has 28 heavy (non-hydrogen) atoms. The summed E-state index contributed by atoms with van der Waals surface area (Å²) in [4.78, 5) is 27.0. The topological polar surface area (TPSA) is 70.7 Å². The van der Waals surface area contributed by atoms with Crippen LogP contribution in [0.5, 0.6) is 0 Å². The number of fused-ring (bicyclic) bond motifs is 1. The summed E-state index contributed by atoms with van der Waals surface area (Å²) in [7, 11) is 0. The first-order valence-electron chi connectivity index (χ1n) is 10.5. The van der Waals surface area contributed by atoms with E-state index >= 15 is 0 Å². The summed E-state index contributed by atoms with van der Waals surface area (Å²) in [6.07, 6.45) is 3.92. The lowest BCUT2D eigenvalue weighted by Gasteiger charge is -2.38. The van der Waals surface area contributed by atoms with Gasteiger partial charge in [0.05, 0.1) is 18.2 Å². The first-order valence-corrected chi connectivity index (χ1v) is 10.5. The van der Waals surface area contributed by atoms with Crippen LogP contribution in [-0.4, -0.2) is 54.7 Å².